The molecule has 1 atom stereocenters. The Morgan fingerprint density at radius 2 is 1.65 bits per heavy atom. The molecule has 0 radical (unpaired) electrons. The van der Waals surface area contributed by atoms with Gasteiger partial charge in [0, 0.05) is 0 Å². The number of aliphatic hydroxyl groups excluding tert-OH is 1. The van der Waals surface area contributed by atoms with Gasteiger partial charge < -0.3 is 5.11 Å². The molecule has 106 valence electrons. The molecular weight excluding hydrogens is 274 g/mol. The van der Waals surface area contributed by atoms with Gasteiger partial charge in [-0.25, -0.2) is 13.1 Å². The molecule has 0 saturated carbocycles. The van der Waals surface area contributed by atoms with Gasteiger partial charge in [-0.1, -0.05) is 48.0 Å². The van der Waals surface area contributed by atoms with E-state index in [1.54, 1.807) is 48.5 Å². The third-order valence-electron chi connectivity index (χ3n) is 3.01. The lowest BCUT2D eigenvalue weighted by Gasteiger charge is -2.17. The molecule has 2 aromatic carbocycles. The highest BCUT2D eigenvalue weighted by Gasteiger charge is 2.20. The van der Waals surface area contributed by atoms with Crippen LogP contribution < -0.4 is 4.72 Å². The molecule has 0 unspecified atom stereocenters. The largest absolute Gasteiger partial charge is 0.394 e. The predicted molar refractivity (Wildman–Crippen MR) is 77.8 cm³/mol. The van der Waals surface area contributed by atoms with Crippen LogP contribution >= 0.6 is 0 Å². The fourth-order valence-electron chi connectivity index (χ4n) is 1.87. The third-order valence-corrected chi connectivity index (χ3v) is 4.50. The summed E-state index contributed by atoms with van der Waals surface area (Å²) in [5.41, 5.74) is 1.72. The lowest BCUT2D eigenvalue weighted by atomic mass is 10.1. The van der Waals surface area contributed by atoms with Gasteiger partial charge in [-0.2, -0.15) is 0 Å². The van der Waals surface area contributed by atoms with Crippen molar-refractivity contribution in [2.24, 2.45) is 0 Å². The quantitative estimate of drug-likeness (QED) is 0.885. The first kappa shape index (κ1) is 14.7. The Balaban J connectivity index is 2.24. The molecule has 2 aromatic rings. The molecule has 2 rings (SSSR count). The van der Waals surface area contributed by atoms with Crippen molar-refractivity contribution >= 4 is 10.0 Å². The van der Waals surface area contributed by atoms with E-state index in [-0.39, 0.29) is 11.5 Å². The number of hydrogen-bond acceptors (Lipinski definition) is 3. The van der Waals surface area contributed by atoms with Gasteiger partial charge in [0.1, 0.15) is 0 Å². The molecule has 0 aliphatic rings. The van der Waals surface area contributed by atoms with Gasteiger partial charge in [0.05, 0.1) is 17.5 Å². The van der Waals surface area contributed by atoms with Crippen molar-refractivity contribution in [3.63, 3.8) is 0 Å². The molecule has 4 nitrogen and oxygen atoms in total. The Morgan fingerprint density at radius 1 is 1.05 bits per heavy atom. The van der Waals surface area contributed by atoms with Crippen molar-refractivity contribution in [2.45, 2.75) is 17.9 Å². The summed E-state index contributed by atoms with van der Waals surface area (Å²) in [6.07, 6.45) is 0. The summed E-state index contributed by atoms with van der Waals surface area (Å²) in [5, 5.41) is 9.41. The van der Waals surface area contributed by atoms with E-state index in [0.29, 0.717) is 0 Å². The van der Waals surface area contributed by atoms with E-state index >= 15 is 0 Å². The molecule has 2 N–H and O–H groups in total. The molecule has 0 spiro atoms. The maximum absolute atomic E-state index is 12.3. The molecule has 5 heteroatoms. The molecule has 0 aliphatic heterocycles. The van der Waals surface area contributed by atoms with E-state index in [4.69, 9.17) is 0 Å². The second-order valence-electron chi connectivity index (χ2n) is 4.58. The Labute approximate surface area is 119 Å². The van der Waals surface area contributed by atoms with Crippen LogP contribution in [-0.2, 0) is 10.0 Å². The number of sulfonamides is 1. The fraction of sp³-hybridized carbons (Fsp3) is 0.200. The van der Waals surface area contributed by atoms with Crippen molar-refractivity contribution < 1.29 is 13.5 Å². The average molecular weight is 291 g/mol. The van der Waals surface area contributed by atoms with E-state index in [1.807, 2.05) is 13.0 Å². The second kappa shape index (κ2) is 6.17. The summed E-state index contributed by atoms with van der Waals surface area (Å²) in [5.74, 6) is 0. The molecule has 0 aliphatic carbocycles. The first-order valence-electron chi connectivity index (χ1n) is 6.28. The van der Waals surface area contributed by atoms with Crippen molar-refractivity contribution in [1.82, 2.24) is 4.72 Å². The zero-order chi connectivity index (χ0) is 14.6. The van der Waals surface area contributed by atoms with E-state index in [2.05, 4.69) is 4.72 Å². The normalized spacial score (nSPS) is 13.1. The Hall–Kier alpha value is -1.69. The number of hydrogen-bond donors (Lipinski definition) is 2. The molecule has 20 heavy (non-hydrogen) atoms. The summed E-state index contributed by atoms with van der Waals surface area (Å²) in [7, 11) is -3.65. The zero-order valence-electron chi connectivity index (χ0n) is 11.2. The highest BCUT2D eigenvalue weighted by molar-refractivity contribution is 7.89. The highest BCUT2D eigenvalue weighted by Crippen LogP contribution is 2.17. The van der Waals surface area contributed by atoms with Gasteiger partial charge in [0.15, 0.2) is 0 Å². The molecule has 0 fully saturated rings. The van der Waals surface area contributed by atoms with Crippen molar-refractivity contribution in [1.29, 1.82) is 0 Å². The molecular formula is C15H17NO3S. The lowest BCUT2D eigenvalue weighted by molar-refractivity contribution is 0.259. The number of aryl methyl sites for hydroxylation is 1. The van der Waals surface area contributed by atoms with Crippen LogP contribution in [0.5, 0.6) is 0 Å². The minimum atomic E-state index is -3.65. The maximum atomic E-state index is 12.3. The first-order valence-corrected chi connectivity index (χ1v) is 7.76. The first-order chi connectivity index (χ1) is 9.53. The van der Waals surface area contributed by atoms with Crippen molar-refractivity contribution in [3.8, 4) is 0 Å². The summed E-state index contributed by atoms with van der Waals surface area (Å²) in [4.78, 5) is 0.192. The topological polar surface area (TPSA) is 66.4 Å². The van der Waals surface area contributed by atoms with Crippen LogP contribution in [0.2, 0.25) is 0 Å². The predicted octanol–water partition coefficient (Wildman–Crippen LogP) is 2.01. The summed E-state index contributed by atoms with van der Waals surface area (Å²) >= 11 is 0. The van der Waals surface area contributed by atoms with Gasteiger partial charge in [-0.05, 0) is 24.6 Å². The van der Waals surface area contributed by atoms with Crippen LogP contribution in [0.15, 0.2) is 59.5 Å². The lowest BCUT2D eigenvalue weighted by Crippen LogP contribution is -2.30. The summed E-state index contributed by atoms with van der Waals surface area (Å²) < 4.78 is 27.0. The smallest absolute Gasteiger partial charge is 0.241 e. The highest BCUT2D eigenvalue weighted by atomic mass is 32.2. The maximum Gasteiger partial charge on any atom is 0.241 e. The van der Waals surface area contributed by atoms with Crippen LogP contribution in [0.3, 0.4) is 0 Å². The molecule has 0 amide bonds. The van der Waals surface area contributed by atoms with Crippen molar-refractivity contribution in [3.05, 3.63) is 65.7 Å². The van der Waals surface area contributed by atoms with Crippen LogP contribution in [-0.4, -0.2) is 20.1 Å². The minimum absolute atomic E-state index is 0.192. The van der Waals surface area contributed by atoms with Gasteiger partial charge in [0.2, 0.25) is 10.0 Å². The van der Waals surface area contributed by atoms with Gasteiger partial charge >= 0.3 is 0 Å². The number of rotatable bonds is 5. The summed E-state index contributed by atoms with van der Waals surface area (Å²) in [6.45, 7) is 1.60. The van der Waals surface area contributed by atoms with Crippen LogP contribution in [0.1, 0.15) is 17.2 Å². The number of aliphatic hydroxyl groups is 1. The van der Waals surface area contributed by atoms with E-state index < -0.39 is 16.1 Å². The molecule has 0 heterocycles. The van der Waals surface area contributed by atoms with Crippen LogP contribution in [0, 0.1) is 6.92 Å². The Morgan fingerprint density at radius 3 is 2.20 bits per heavy atom. The number of benzene rings is 2. The average Bonchev–Trinajstić information content (AvgIpc) is 2.46. The van der Waals surface area contributed by atoms with Gasteiger partial charge in [0.25, 0.3) is 0 Å². The Bertz CT molecular complexity index is 651. The monoisotopic (exact) mass is 291 g/mol. The summed E-state index contributed by atoms with van der Waals surface area (Å²) in [6, 6.07) is 14.9. The Kier molecular flexibility index (Phi) is 4.54. The second-order valence-corrected chi connectivity index (χ2v) is 6.29. The standard InChI is InChI=1S/C15H17NO3S/c1-12-7-9-14(10-8-12)20(18,19)16-15(11-17)13-5-3-2-4-6-13/h2-10,15-17H,11H2,1H3/t15-/m0/s1. The van der Waals surface area contributed by atoms with Crippen LogP contribution in [0.25, 0.3) is 0 Å². The zero-order valence-corrected chi connectivity index (χ0v) is 12.0. The third kappa shape index (κ3) is 3.45. The molecule has 0 saturated heterocycles. The molecule has 0 bridgehead atoms. The molecule has 0 aromatic heterocycles. The van der Waals surface area contributed by atoms with Crippen molar-refractivity contribution in [2.75, 3.05) is 6.61 Å². The van der Waals surface area contributed by atoms with E-state index in [0.717, 1.165) is 11.1 Å². The minimum Gasteiger partial charge on any atom is -0.394 e. The SMILES string of the molecule is Cc1ccc(S(=O)(=O)N[C@@H](CO)c2ccccc2)cc1. The number of nitrogens with one attached hydrogen (secondary N) is 1. The van der Waals surface area contributed by atoms with E-state index in [1.165, 1.54) is 0 Å². The van der Waals surface area contributed by atoms with Gasteiger partial charge in [-0.15, -0.1) is 0 Å². The fourth-order valence-corrected chi connectivity index (χ4v) is 3.08. The van der Waals surface area contributed by atoms with Crippen LogP contribution in [0.4, 0.5) is 0 Å². The van der Waals surface area contributed by atoms with Gasteiger partial charge in [-0.3, -0.25) is 0 Å². The van der Waals surface area contributed by atoms with E-state index in [9.17, 15) is 13.5 Å².